The quantitative estimate of drug-likeness (QED) is 0.692. The van der Waals surface area contributed by atoms with Crippen LogP contribution in [0.4, 0.5) is 0 Å². The van der Waals surface area contributed by atoms with E-state index in [-0.39, 0.29) is 5.54 Å². The second-order valence-corrected chi connectivity index (χ2v) is 6.61. The molecule has 1 fully saturated rings. The van der Waals surface area contributed by atoms with Crippen molar-refractivity contribution in [2.45, 2.75) is 19.4 Å². The minimum Gasteiger partial charge on any atom is -0.324 e. The number of rotatable bonds is 2. The zero-order valence-electron chi connectivity index (χ0n) is 7.88. The molecule has 0 amide bonds. The van der Waals surface area contributed by atoms with Gasteiger partial charge in [-0.25, -0.2) is 0 Å². The molecule has 4 heteroatoms. The molecule has 0 aliphatic carbocycles. The first-order valence-corrected chi connectivity index (χ1v) is 6.82. The molecule has 1 aliphatic heterocycles. The molecular formula is C8H18N2S2. The fourth-order valence-corrected chi connectivity index (χ4v) is 3.35. The van der Waals surface area contributed by atoms with Crippen molar-refractivity contribution in [3.05, 3.63) is 0 Å². The van der Waals surface area contributed by atoms with Crippen LogP contribution in [0.25, 0.3) is 0 Å². The van der Waals surface area contributed by atoms with Crippen LogP contribution in [0.5, 0.6) is 0 Å². The summed E-state index contributed by atoms with van der Waals surface area (Å²) in [6.07, 6.45) is 0. The van der Waals surface area contributed by atoms with Crippen molar-refractivity contribution in [2.24, 2.45) is 5.73 Å². The highest BCUT2D eigenvalue weighted by molar-refractivity contribution is 8.76. The molecule has 1 aliphatic rings. The maximum Gasteiger partial charge on any atom is 0.0226 e. The number of nitrogens with two attached hydrogens (primary N) is 1. The van der Waals surface area contributed by atoms with Crippen LogP contribution < -0.4 is 5.73 Å². The highest BCUT2D eigenvalue weighted by atomic mass is 33.1. The lowest BCUT2D eigenvalue weighted by atomic mass is 10.1. The average molecular weight is 206 g/mol. The molecule has 0 atom stereocenters. The summed E-state index contributed by atoms with van der Waals surface area (Å²) in [5.74, 6) is 2.47. The summed E-state index contributed by atoms with van der Waals surface area (Å²) in [7, 11) is 3.96. The first kappa shape index (κ1) is 10.7. The zero-order chi connectivity index (χ0) is 9.03. The van der Waals surface area contributed by atoms with Crippen molar-refractivity contribution in [3.8, 4) is 0 Å². The topological polar surface area (TPSA) is 29.3 Å². The molecule has 72 valence electrons. The van der Waals surface area contributed by atoms with Gasteiger partial charge in [0.15, 0.2) is 0 Å². The Labute approximate surface area is 83.0 Å². The summed E-state index contributed by atoms with van der Waals surface area (Å²) in [6.45, 7) is 7.60. The van der Waals surface area contributed by atoms with Gasteiger partial charge in [-0.2, -0.15) is 0 Å². The smallest absolute Gasteiger partial charge is 0.0226 e. The van der Waals surface area contributed by atoms with E-state index in [1.165, 1.54) is 24.6 Å². The highest BCUT2D eigenvalue weighted by Gasteiger charge is 2.17. The third-order valence-corrected chi connectivity index (χ3v) is 4.06. The largest absolute Gasteiger partial charge is 0.324 e. The Bertz CT molecular complexity index is 126. The van der Waals surface area contributed by atoms with E-state index >= 15 is 0 Å². The second-order valence-electron chi connectivity index (χ2n) is 3.91. The molecular weight excluding hydrogens is 188 g/mol. The molecule has 1 saturated heterocycles. The van der Waals surface area contributed by atoms with Gasteiger partial charge in [0.2, 0.25) is 0 Å². The van der Waals surface area contributed by atoms with Crippen molar-refractivity contribution < 1.29 is 0 Å². The lowest BCUT2D eigenvalue weighted by Crippen LogP contribution is -2.46. The Balaban J connectivity index is 2.30. The summed E-state index contributed by atoms with van der Waals surface area (Å²) >= 11 is 0. The first-order chi connectivity index (χ1) is 5.58. The Morgan fingerprint density at radius 2 is 1.75 bits per heavy atom. The summed E-state index contributed by atoms with van der Waals surface area (Å²) in [5, 5.41) is 0. The third-order valence-electron chi connectivity index (χ3n) is 1.70. The van der Waals surface area contributed by atoms with E-state index in [1.54, 1.807) is 0 Å². The molecule has 0 aromatic rings. The normalized spacial score (nSPS) is 22.2. The van der Waals surface area contributed by atoms with E-state index < -0.39 is 0 Å². The molecule has 1 rings (SSSR count). The average Bonchev–Trinajstić information content (AvgIpc) is 2.12. The van der Waals surface area contributed by atoms with Gasteiger partial charge in [0.05, 0.1) is 0 Å². The Morgan fingerprint density at radius 1 is 1.25 bits per heavy atom. The molecule has 0 bridgehead atoms. The van der Waals surface area contributed by atoms with Crippen LogP contribution in [-0.4, -0.2) is 41.6 Å². The third kappa shape index (κ3) is 4.60. The van der Waals surface area contributed by atoms with Crippen molar-refractivity contribution in [1.82, 2.24) is 4.90 Å². The van der Waals surface area contributed by atoms with Crippen LogP contribution in [0.15, 0.2) is 0 Å². The molecule has 0 aromatic heterocycles. The Kier molecular flexibility index (Phi) is 4.23. The number of hydrogen-bond acceptors (Lipinski definition) is 4. The minimum atomic E-state index is -0.0420. The van der Waals surface area contributed by atoms with Gasteiger partial charge in [0, 0.05) is 36.7 Å². The predicted molar refractivity (Wildman–Crippen MR) is 59.6 cm³/mol. The molecule has 0 radical (unpaired) electrons. The van der Waals surface area contributed by atoms with Gasteiger partial charge in [-0.05, 0) is 13.8 Å². The summed E-state index contributed by atoms with van der Waals surface area (Å²) in [4.78, 5) is 2.47. The van der Waals surface area contributed by atoms with Crippen LogP contribution in [0.2, 0.25) is 0 Å². The Hall–Kier alpha value is 0.620. The van der Waals surface area contributed by atoms with Gasteiger partial charge in [-0.15, -0.1) is 0 Å². The standard InChI is InChI=1S/C8H18N2S2/c1-8(2,9)7-10-3-5-11-12-6-4-10/h3-7,9H2,1-2H3. The van der Waals surface area contributed by atoms with Gasteiger partial charge in [-0.3, -0.25) is 4.90 Å². The van der Waals surface area contributed by atoms with Gasteiger partial charge >= 0.3 is 0 Å². The van der Waals surface area contributed by atoms with Crippen LogP contribution in [0.1, 0.15) is 13.8 Å². The van der Waals surface area contributed by atoms with Gasteiger partial charge in [0.1, 0.15) is 0 Å². The molecule has 0 saturated carbocycles. The first-order valence-electron chi connectivity index (χ1n) is 4.33. The maximum atomic E-state index is 5.96. The molecule has 2 N–H and O–H groups in total. The van der Waals surface area contributed by atoms with Gasteiger partial charge in [-0.1, -0.05) is 21.6 Å². The van der Waals surface area contributed by atoms with Crippen molar-refractivity contribution >= 4 is 21.6 Å². The van der Waals surface area contributed by atoms with Gasteiger partial charge in [0.25, 0.3) is 0 Å². The maximum absolute atomic E-state index is 5.96. The lowest BCUT2D eigenvalue weighted by molar-refractivity contribution is 0.251. The monoisotopic (exact) mass is 206 g/mol. The van der Waals surface area contributed by atoms with Crippen LogP contribution in [0, 0.1) is 0 Å². The molecule has 1 heterocycles. The van der Waals surface area contributed by atoms with Gasteiger partial charge < -0.3 is 5.73 Å². The summed E-state index contributed by atoms with van der Waals surface area (Å²) < 4.78 is 0. The molecule has 0 spiro atoms. The highest BCUT2D eigenvalue weighted by Crippen LogP contribution is 2.24. The number of hydrogen-bond donors (Lipinski definition) is 1. The zero-order valence-corrected chi connectivity index (χ0v) is 9.51. The van der Waals surface area contributed by atoms with Crippen molar-refractivity contribution in [2.75, 3.05) is 31.1 Å². The molecule has 12 heavy (non-hydrogen) atoms. The van der Waals surface area contributed by atoms with Crippen LogP contribution in [0.3, 0.4) is 0 Å². The van der Waals surface area contributed by atoms with E-state index in [0.717, 1.165) is 6.54 Å². The predicted octanol–water partition coefficient (Wildman–Crippen LogP) is 1.42. The van der Waals surface area contributed by atoms with Crippen LogP contribution >= 0.6 is 21.6 Å². The fourth-order valence-electron chi connectivity index (χ4n) is 1.30. The number of nitrogens with zero attached hydrogens (tertiary/aromatic N) is 1. The van der Waals surface area contributed by atoms with Crippen molar-refractivity contribution in [3.63, 3.8) is 0 Å². The molecule has 0 aromatic carbocycles. The molecule has 0 unspecified atom stereocenters. The minimum absolute atomic E-state index is 0.0420. The fraction of sp³-hybridized carbons (Fsp3) is 1.00. The molecule has 2 nitrogen and oxygen atoms in total. The second kappa shape index (κ2) is 4.74. The van der Waals surface area contributed by atoms with E-state index in [0.29, 0.717) is 0 Å². The van der Waals surface area contributed by atoms with E-state index in [1.807, 2.05) is 21.6 Å². The summed E-state index contributed by atoms with van der Waals surface area (Å²) in [5.41, 5.74) is 5.92. The van der Waals surface area contributed by atoms with Crippen LogP contribution in [-0.2, 0) is 0 Å². The van der Waals surface area contributed by atoms with E-state index in [9.17, 15) is 0 Å². The van der Waals surface area contributed by atoms with Crippen molar-refractivity contribution in [1.29, 1.82) is 0 Å². The Morgan fingerprint density at radius 3 is 2.17 bits per heavy atom. The lowest BCUT2D eigenvalue weighted by Gasteiger charge is -2.28. The van der Waals surface area contributed by atoms with E-state index in [2.05, 4.69) is 18.7 Å². The van der Waals surface area contributed by atoms with E-state index in [4.69, 9.17) is 5.73 Å². The summed E-state index contributed by atoms with van der Waals surface area (Å²) in [6, 6.07) is 0. The SMILES string of the molecule is CC(C)(N)CN1CCSSCC1.